The van der Waals surface area contributed by atoms with Gasteiger partial charge >= 0.3 is 0 Å². The Morgan fingerprint density at radius 2 is 1.67 bits per heavy atom. The van der Waals surface area contributed by atoms with Crippen LogP contribution in [0.2, 0.25) is 0 Å². The van der Waals surface area contributed by atoms with Crippen molar-refractivity contribution in [1.29, 1.82) is 0 Å². The number of amides is 1. The van der Waals surface area contributed by atoms with E-state index in [-0.39, 0.29) is 11.4 Å². The highest BCUT2D eigenvalue weighted by Crippen LogP contribution is 2.23. The van der Waals surface area contributed by atoms with Crippen LogP contribution in [0.25, 0.3) is 0 Å². The predicted octanol–water partition coefficient (Wildman–Crippen LogP) is 2.68. The quantitative estimate of drug-likeness (QED) is 0.849. The third-order valence-electron chi connectivity index (χ3n) is 2.79. The van der Waals surface area contributed by atoms with Crippen molar-refractivity contribution in [2.24, 2.45) is 0 Å². The van der Waals surface area contributed by atoms with Crippen LogP contribution in [0.4, 0.5) is 15.8 Å². The van der Waals surface area contributed by atoms with Crippen LogP contribution in [0.5, 0.6) is 11.5 Å². The zero-order valence-corrected chi connectivity index (χ0v) is 11.6. The number of nitrogen functional groups attached to an aromatic ring is 1. The molecular weight excluding hydrogens is 275 g/mol. The SMILES string of the molecule is COc1cc(OC)cc(C(=O)Nc2cc(N)cc(F)c2)c1. The topological polar surface area (TPSA) is 73.6 Å². The number of carbonyl (C=O) groups is 1. The summed E-state index contributed by atoms with van der Waals surface area (Å²) in [6.07, 6.45) is 0. The highest BCUT2D eigenvalue weighted by atomic mass is 19.1. The van der Waals surface area contributed by atoms with Gasteiger partial charge in [0, 0.05) is 23.0 Å². The molecule has 0 fully saturated rings. The summed E-state index contributed by atoms with van der Waals surface area (Å²) < 4.78 is 23.4. The van der Waals surface area contributed by atoms with Gasteiger partial charge in [0.2, 0.25) is 0 Å². The zero-order valence-electron chi connectivity index (χ0n) is 11.6. The van der Waals surface area contributed by atoms with E-state index in [0.29, 0.717) is 17.1 Å². The van der Waals surface area contributed by atoms with E-state index in [1.807, 2.05) is 0 Å². The van der Waals surface area contributed by atoms with Crippen molar-refractivity contribution in [2.45, 2.75) is 0 Å². The molecule has 2 rings (SSSR count). The molecule has 0 unspecified atom stereocenters. The first kappa shape index (κ1) is 14.6. The maximum atomic E-state index is 13.2. The molecule has 2 aromatic rings. The molecule has 110 valence electrons. The van der Waals surface area contributed by atoms with E-state index in [2.05, 4.69) is 5.32 Å². The van der Waals surface area contributed by atoms with E-state index in [1.165, 1.54) is 32.4 Å². The molecule has 5 nitrogen and oxygen atoms in total. The third kappa shape index (κ3) is 3.62. The van der Waals surface area contributed by atoms with Crippen molar-refractivity contribution >= 4 is 17.3 Å². The zero-order chi connectivity index (χ0) is 15.4. The number of nitrogens with two attached hydrogens (primary N) is 1. The second kappa shape index (κ2) is 6.13. The molecule has 1 amide bonds. The van der Waals surface area contributed by atoms with Crippen LogP contribution in [0, 0.1) is 5.82 Å². The summed E-state index contributed by atoms with van der Waals surface area (Å²) in [5.41, 5.74) is 6.37. The summed E-state index contributed by atoms with van der Waals surface area (Å²) in [7, 11) is 2.98. The molecule has 0 aliphatic heterocycles. The van der Waals surface area contributed by atoms with Gasteiger partial charge in [0.1, 0.15) is 17.3 Å². The van der Waals surface area contributed by atoms with Crippen LogP contribution < -0.4 is 20.5 Å². The Balaban J connectivity index is 2.27. The minimum absolute atomic E-state index is 0.230. The Hall–Kier alpha value is -2.76. The molecule has 0 aliphatic carbocycles. The van der Waals surface area contributed by atoms with Gasteiger partial charge in [0.15, 0.2) is 0 Å². The lowest BCUT2D eigenvalue weighted by Gasteiger charge is -2.10. The summed E-state index contributed by atoms with van der Waals surface area (Å²) in [5.74, 6) is 0.0298. The number of methoxy groups -OCH3 is 2. The van der Waals surface area contributed by atoms with Crippen molar-refractivity contribution in [3.05, 3.63) is 47.8 Å². The van der Waals surface area contributed by atoms with Gasteiger partial charge in [-0.15, -0.1) is 0 Å². The van der Waals surface area contributed by atoms with E-state index in [9.17, 15) is 9.18 Å². The highest BCUT2D eigenvalue weighted by Gasteiger charge is 2.11. The average molecular weight is 290 g/mol. The normalized spacial score (nSPS) is 10.0. The molecule has 6 heteroatoms. The molecule has 0 saturated carbocycles. The summed E-state index contributed by atoms with van der Waals surface area (Å²) in [6, 6.07) is 8.59. The standard InChI is InChI=1S/C15H15FN2O3/c1-20-13-3-9(4-14(8-13)21-2)15(19)18-12-6-10(16)5-11(17)7-12/h3-8H,17H2,1-2H3,(H,18,19). The number of hydrogen-bond acceptors (Lipinski definition) is 4. The second-order valence-corrected chi connectivity index (χ2v) is 4.33. The smallest absolute Gasteiger partial charge is 0.255 e. The molecule has 0 radical (unpaired) electrons. The van der Waals surface area contributed by atoms with Gasteiger partial charge in [-0.2, -0.15) is 0 Å². The van der Waals surface area contributed by atoms with Crippen LogP contribution in [-0.4, -0.2) is 20.1 Å². The summed E-state index contributed by atoms with van der Waals surface area (Å²) in [5, 5.41) is 2.57. The van der Waals surface area contributed by atoms with Gasteiger partial charge in [-0.05, 0) is 30.3 Å². The number of benzene rings is 2. The lowest BCUT2D eigenvalue weighted by Crippen LogP contribution is -2.12. The Morgan fingerprint density at radius 3 is 2.19 bits per heavy atom. The van der Waals surface area contributed by atoms with Crippen LogP contribution in [0.1, 0.15) is 10.4 Å². The first-order valence-electron chi connectivity index (χ1n) is 6.12. The first-order chi connectivity index (χ1) is 10.0. The molecule has 3 N–H and O–H groups in total. The Kier molecular flexibility index (Phi) is 4.27. The van der Waals surface area contributed by atoms with Crippen molar-refractivity contribution < 1.29 is 18.7 Å². The van der Waals surface area contributed by atoms with Crippen molar-refractivity contribution in [1.82, 2.24) is 0 Å². The number of ether oxygens (including phenoxy) is 2. The number of nitrogens with one attached hydrogen (secondary N) is 1. The van der Waals surface area contributed by atoms with Crippen LogP contribution in [0.15, 0.2) is 36.4 Å². The molecule has 0 aliphatic rings. The highest BCUT2D eigenvalue weighted by molar-refractivity contribution is 6.05. The average Bonchev–Trinajstić information content (AvgIpc) is 2.45. The molecule has 0 heterocycles. The largest absolute Gasteiger partial charge is 0.497 e. The number of rotatable bonds is 4. The molecule has 2 aromatic carbocycles. The maximum absolute atomic E-state index is 13.2. The third-order valence-corrected chi connectivity index (χ3v) is 2.79. The van der Waals surface area contributed by atoms with E-state index in [0.717, 1.165) is 0 Å². The maximum Gasteiger partial charge on any atom is 0.255 e. The van der Waals surface area contributed by atoms with E-state index in [1.54, 1.807) is 18.2 Å². The van der Waals surface area contributed by atoms with Crippen LogP contribution in [-0.2, 0) is 0 Å². The molecule has 0 bridgehead atoms. The number of carbonyl (C=O) groups excluding carboxylic acids is 1. The summed E-state index contributed by atoms with van der Waals surface area (Å²) >= 11 is 0. The molecular formula is C15H15FN2O3. The summed E-state index contributed by atoms with van der Waals surface area (Å²) in [6.45, 7) is 0. The van der Waals surface area contributed by atoms with Crippen LogP contribution in [0.3, 0.4) is 0 Å². The van der Waals surface area contributed by atoms with Gasteiger partial charge in [-0.1, -0.05) is 0 Å². The molecule has 21 heavy (non-hydrogen) atoms. The van der Waals surface area contributed by atoms with E-state index < -0.39 is 11.7 Å². The fraction of sp³-hybridized carbons (Fsp3) is 0.133. The fourth-order valence-electron chi connectivity index (χ4n) is 1.83. The lowest BCUT2D eigenvalue weighted by atomic mass is 10.1. The van der Waals surface area contributed by atoms with E-state index in [4.69, 9.17) is 15.2 Å². The fourth-order valence-corrected chi connectivity index (χ4v) is 1.83. The lowest BCUT2D eigenvalue weighted by molar-refractivity contribution is 0.102. The molecule has 0 spiro atoms. The monoisotopic (exact) mass is 290 g/mol. The minimum atomic E-state index is -0.520. The first-order valence-corrected chi connectivity index (χ1v) is 6.12. The van der Waals surface area contributed by atoms with Gasteiger partial charge in [-0.25, -0.2) is 4.39 Å². The predicted molar refractivity (Wildman–Crippen MR) is 78.3 cm³/mol. The molecule has 0 atom stereocenters. The molecule has 0 saturated heterocycles. The Morgan fingerprint density at radius 1 is 1.05 bits per heavy atom. The van der Waals surface area contributed by atoms with Gasteiger partial charge < -0.3 is 20.5 Å². The second-order valence-electron chi connectivity index (χ2n) is 4.33. The van der Waals surface area contributed by atoms with Gasteiger partial charge in [-0.3, -0.25) is 4.79 Å². The van der Waals surface area contributed by atoms with Crippen LogP contribution >= 0.6 is 0 Å². The van der Waals surface area contributed by atoms with E-state index >= 15 is 0 Å². The number of halogens is 1. The van der Waals surface area contributed by atoms with Gasteiger partial charge in [0.25, 0.3) is 5.91 Å². The minimum Gasteiger partial charge on any atom is -0.497 e. The Bertz CT molecular complexity index is 631. The number of hydrogen-bond donors (Lipinski definition) is 2. The van der Waals surface area contributed by atoms with Gasteiger partial charge in [0.05, 0.1) is 14.2 Å². The van der Waals surface area contributed by atoms with Crippen molar-refractivity contribution in [3.63, 3.8) is 0 Å². The van der Waals surface area contributed by atoms with Crippen molar-refractivity contribution in [3.8, 4) is 11.5 Å². The Labute approximate surface area is 121 Å². The number of anilines is 2. The van der Waals surface area contributed by atoms with Crippen molar-refractivity contribution in [2.75, 3.05) is 25.3 Å². The molecule has 0 aromatic heterocycles. The summed E-state index contributed by atoms with van der Waals surface area (Å²) in [4.78, 5) is 12.2.